The van der Waals surface area contributed by atoms with Crippen LogP contribution < -0.4 is 0 Å². The Kier molecular flexibility index (Phi) is 3.82. The van der Waals surface area contributed by atoms with Crippen molar-refractivity contribution in [1.29, 1.82) is 0 Å². The number of furan rings is 1. The van der Waals surface area contributed by atoms with Gasteiger partial charge in [0.05, 0.1) is 6.04 Å². The fourth-order valence-electron chi connectivity index (χ4n) is 3.25. The number of rotatable bonds is 1. The van der Waals surface area contributed by atoms with Crippen LogP contribution in [0.4, 0.5) is 9.18 Å². The van der Waals surface area contributed by atoms with Gasteiger partial charge in [-0.1, -0.05) is 0 Å². The molecule has 0 spiro atoms. The van der Waals surface area contributed by atoms with Crippen LogP contribution in [0.2, 0.25) is 0 Å². The van der Waals surface area contributed by atoms with E-state index >= 15 is 0 Å². The summed E-state index contributed by atoms with van der Waals surface area (Å²) in [5.41, 5.74) is -0.547. The smallest absolute Gasteiger partial charge is 0.410 e. The fraction of sp³-hybridized carbons (Fsp3) is 0.625. The Morgan fingerprint density at radius 3 is 2.61 bits per heavy atom. The zero-order chi connectivity index (χ0) is 16.8. The summed E-state index contributed by atoms with van der Waals surface area (Å²) in [4.78, 5) is 28.0. The molecule has 2 saturated heterocycles. The molecule has 0 radical (unpaired) electrons. The van der Waals surface area contributed by atoms with Crippen LogP contribution >= 0.6 is 0 Å². The lowest BCUT2D eigenvalue weighted by atomic mass is 10.00. The van der Waals surface area contributed by atoms with Crippen molar-refractivity contribution in [2.75, 3.05) is 19.6 Å². The van der Waals surface area contributed by atoms with Crippen molar-refractivity contribution < 1.29 is 23.1 Å². The van der Waals surface area contributed by atoms with E-state index in [0.717, 1.165) is 12.5 Å². The standard InChI is InChI=1S/C16H21FN2O4/c1-16(2,3)23-15(21)19-8-10-6-11(19)9-18(7-10)14(20)12-4-5-13(17)22-12/h4-5,10-11H,6-9H2,1-3H3/t10-,11+/m0/s1. The molecule has 0 N–H and O–H groups in total. The molecule has 2 bridgehead atoms. The molecule has 2 fully saturated rings. The van der Waals surface area contributed by atoms with E-state index in [9.17, 15) is 14.0 Å². The van der Waals surface area contributed by atoms with Crippen LogP contribution in [0.3, 0.4) is 0 Å². The molecule has 6 nitrogen and oxygen atoms in total. The molecule has 3 rings (SSSR count). The van der Waals surface area contributed by atoms with Crippen LogP contribution in [0.5, 0.6) is 0 Å². The van der Waals surface area contributed by atoms with Crippen LogP contribution in [-0.4, -0.2) is 53.1 Å². The van der Waals surface area contributed by atoms with Crippen molar-refractivity contribution >= 4 is 12.0 Å². The molecule has 126 valence electrons. The summed E-state index contributed by atoms with van der Waals surface area (Å²) in [5, 5.41) is 0. The monoisotopic (exact) mass is 324 g/mol. The first-order valence-corrected chi connectivity index (χ1v) is 7.77. The predicted octanol–water partition coefficient (Wildman–Crippen LogP) is 2.50. The van der Waals surface area contributed by atoms with Crippen LogP contribution in [0.1, 0.15) is 37.7 Å². The molecule has 23 heavy (non-hydrogen) atoms. The zero-order valence-electron chi connectivity index (χ0n) is 13.5. The van der Waals surface area contributed by atoms with E-state index in [1.807, 2.05) is 20.8 Å². The summed E-state index contributed by atoms with van der Waals surface area (Å²) in [6.07, 6.45) is 0.513. The lowest BCUT2D eigenvalue weighted by Gasteiger charge is -2.32. The number of carbonyl (C=O) groups excluding carboxylic acids is 2. The first-order valence-electron chi connectivity index (χ1n) is 7.77. The number of hydrogen-bond donors (Lipinski definition) is 0. The molecule has 1 aromatic heterocycles. The minimum atomic E-state index is -0.774. The van der Waals surface area contributed by atoms with Gasteiger partial charge in [-0.05, 0) is 39.2 Å². The van der Waals surface area contributed by atoms with Gasteiger partial charge in [-0.25, -0.2) is 4.79 Å². The van der Waals surface area contributed by atoms with Gasteiger partial charge in [0.15, 0.2) is 5.76 Å². The van der Waals surface area contributed by atoms with Gasteiger partial charge in [0.25, 0.3) is 11.9 Å². The molecule has 1 aromatic rings. The van der Waals surface area contributed by atoms with Gasteiger partial charge in [-0.15, -0.1) is 0 Å². The lowest BCUT2D eigenvalue weighted by molar-refractivity contribution is 0.0205. The van der Waals surface area contributed by atoms with Crippen molar-refractivity contribution in [1.82, 2.24) is 9.80 Å². The third-order valence-electron chi connectivity index (χ3n) is 4.11. The molecular formula is C16H21FN2O4. The van der Waals surface area contributed by atoms with E-state index in [4.69, 9.17) is 9.15 Å². The average Bonchev–Trinajstić information content (AvgIpc) is 2.99. The van der Waals surface area contributed by atoms with Crippen molar-refractivity contribution in [3.63, 3.8) is 0 Å². The number of amides is 2. The first-order chi connectivity index (χ1) is 10.7. The predicted molar refractivity (Wildman–Crippen MR) is 79.4 cm³/mol. The number of carbonyl (C=O) groups is 2. The van der Waals surface area contributed by atoms with Gasteiger partial charge in [-0.3, -0.25) is 4.79 Å². The zero-order valence-corrected chi connectivity index (χ0v) is 13.5. The molecule has 2 amide bonds. The SMILES string of the molecule is CC(C)(C)OC(=O)N1C[C@H]2C[C@@H]1CN(C(=O)c1ccc(F)o1)C2. The number of hydrogen-bond acceptors (Lipinski definition) is 4. The van der Waals surface area contributed by atoms with E-state index in [1.54, 1.807) is 9.80 Å². The molecule has 0 unspecified atom stereocenters. The average molecular weight is 324 g/mol. The molecule has 3 heterocycles. The highest BCUT2D eigenvalue weighted by Crippen LogP contribution is 2.31. The molecular weight excluding hydrogens is 303 g/mol. The number of nitrogens with zero attached hydrogens (tertiary/aromatic N) is 2. The molecule has 2 aliphatic rings. The van der Waals surface area contributed by atoms with Crippen LogP contribution in [0.15, 0.2) is 16.5 Å². The van der Waals surface area contributed by atoms with E-state index in [-0.39, 0.29) is 29.7 Å². The Morgan fingerprint density at radius 1 is 1.26 bits per heavy atom. The first kappa shape index (κ1) is 15.8. The van der Waals surface area contributed by atoms with Gasteiger partial charge in [0.1, 0.15) is 5.60 Å². The minimum absolute atomic E-state index is 0.00684. The van der Waals surface area contributed by atoms with Crippen molar-refractivity contribution in [3.05, 3.63) is 23.9 Å². The van der Waals surface area contributed by atoms with Crippen LogP contribution in [-0.2, 0) is 4.74 Å². The number of likely N-dealkylation sites (tertiary alicyclic amines) is 2. The van der Waals surface area contributed by atoms with Crippen molar-refractivity contribution in [3.8, 4) is 0 Å². The number of fused-ring (bicyclic) bond motifs is 2. The Labute approximate surface area is 134 Å². The second kappa shape index (κ2) is 5.54. The Balaban J connectivity index is 1.68. The maximum absolute atomic E-state index is 12.9. The van der Waals surface area contributed by atoms with Crippen molar-refractivity contribution in [2.45, 2.75) is 38.8 Å². The van der Waals surface area contributed by atoms with E-state index in [0.29, 0.717) is 19.6 Å². The highest BCUT2D eigenvalue weighted by Gasteiger charge is 2.44. The second-order valence-corrected chi connectivity index (χ2v) is 7.20. The molecule has 2 atom stereocenters. The maximum atomic E-state index is 12.9. The molecule has 0 saturated carbocycles. The second-order valence-electron chi connectivity index (χ2n) is 7.20. The van der Waals surface area contributed by atoms with E-state index < -0.39 is 11.6 Å². The summed E-state index contributed by atoms with van der Waals surface area (Å²) in [5.74, 6) is -0.132. The van der Waals surface area contributed by atoms with Gasteiger partial charge < -0.3 is 19.0 Å². The summed E-state index contributed by atoms with van der Waals surface area (Å²) in [6.45, 7) is 7.01. The quantitative estimate of drug-likeness (QED) is 0.796. The summed E-state index contributed by atoms with van der Waals surface area (Å²) in [6, 6.07) is 1.62. The van der Waals surface area contributed by atoms with Gasteiger partial charge in [0.2, 0.25) is 0 Å². The summed E-state index contributed by atoms with van der Waals surface area (Å²) < 4.78 is 23.1. The third-order valence-corrected chi connectivity index (χ3v) is 4.11. The lowest BCUT2D eigenvalue weighted by Crippen LogP contribution is -2.47. The Hall–Kier alpha value is -2.05. The number of piperidine rings is 1. The molecule has 0 aromatic carbocycles. The highest BCUT2D eigenvalue weighted by molar-refractivity contribution is 5.91. The van der Waals surface area contributed by atoms with Gasteiger partial charge in [-0.2, -0.15) is 4.39 Å². The molecule has 2 aliphatic heterocycles. The third kappa shape index (κ3) is 3.33. The van der Waals surface area contributed by atoms with Gasteiger partial charge >= 0.3 is 6.09 Å². The number of ether oxygens (including phenoxy) is 1. The van der Waals surface area contributed by atoms with Crippen molar-refractivity contribution in [2.24, 2.45) is 5.92 Å². The van der Waals surface area contributed by atoms with E-state index in [2.05, 4.69) is 0 Å². The van der Waals surface area contributed by atoms with Crippen LogP contribution in [0, 0.1) is 11.9 Å². The largest absolute Gasteiger partial charge is 0.444 e. The topological polar surface area (TPSA) is 63.0 Å². The van der Waals surface area contributed by atoms with E-state index in [1.165, 1.54) is 6.07 Å². The normalized spacial score (nSPS) is 24.0. The highest BCUT2D eigenvalue weighted by atomic mass is 19.1. The molecule has 7 heteroatoms. The van der Waals surface area contributed by atoms with Crippen LogP contribution in [0.25, 0.3) is 0 Å². The minimum Gasteiger partial charge on any atom is -0.444 e. The maximum Gasteiger partial charge on any atom is 0.410 e. The summed E-state index contributed by atoms with van der Waals surface area (Å²) >= 11 is 0. The van der Waals surface area contributed by atoms with Gasteiger partial charge in [0, 0.05) is 25.7 Å². The summed E-state index contributed by atoms with van der Waals surface area (Å²) in [7, 11) is 0. The molecule has 0 aliphatic carbocycles. The fourth-order valence-corrected chi connectivity index (χ4v) is 3.25. The Morgan fingerprint density at radius 2 is 2.00 bits per heavy atom. The Bertz CT molecular complexity index is 622. The number of halogens is 1.